The number of aliphatic hydroxyl groups is 1. The molecule has 0 saturated carbocycles. The molecular formula is C25H30N2O6. The fourth-order valence-corrected chi connectivity index (χ4v) is 3.94. The Bertz CT molecular complexity index is 1050. The van der Waals surface area contributed by atoms with E-state index >= 15 is 0 Å². The van der Waals surface area contributed by atoms with Gasteiger partial charge >= 0.3 is 0 Å². The van der Waals surface area contributed by atoms with E-state index in [0.29, 0.717) is 41.3 Å². The molecule has 1 aliphatic rings. The van der Waals surface area contributed by atoms with Crippen molar-refractivity contribution in [3.8, 4) is 17.2 Å². The van der Waals surface area contributed by atoms with E-state index in [2.05, 4.69) is 0 Å². The molecule has 0 aliphatic carbocycles. The average Bonchev–Trinajstić information content (AvgIpc) is 3.08. The van der Waals surface area contributed by atoms with Crippen LogP contribution in [0.2, 0.25) is 0 Å². The van der Waals surface area contributed by atoms with Gasteiger partial charge in [0.25, 0.3) is 11.7 Å². The van der Waals surface area contributed by atoms with Gasteiger partial charge in [0.05, 0.1) is 32.9 Å². The molecule has 1 fully saturated rings. The number of methoxy groups -OCH3 is 3. The third-order valence-electron chi connectivity index (χ3n) is 5.63. The Labute approximate surface area is 194 Å². The summed E-state index contributed by atoms with van der Waals surface area (Å²) in [7, 11) is 8.47. The zero-order valence-corrected chi connectivity index (χ0v) is 19.6. The quantitative estimate of drug-likeness (QED) is 0.354. The summed E-state index contributed by atoms with van der Waals surface area (Å²) in [6, 6.07) is 11.3. The van der Waals surface area contributed by atoms with Crippen LogP contribution >= 0.6 is 0 Å². The smallest absolute Gasteiger partial charge is 0.295 e. The lowest BCUT2D eigenvalue weighted by Crippen LogP contribution is -2.32. The van der Waals surface area contributed by atoms with Crippen molar-refractivity contribution in [1.29, 1.82) is 0 Å². The first-order chi connectivity index (χ1) is 15.8. The van der Waals surface area contributed by atoms with E-state index in [1.165, 1.54) is 19.1 Å². The number of Topliss-reactive ketones (excluding diaryl/α,β-unsaturated/α-hetero) is 1. The Hall–Kier alpha value is -3.52. The van der Waals surface area contributed by atoms with Crippen molar-refractivity contribution < 1.29 is 28.9 Å². The number of likely N-dealkylation sites (tertiary alicyclic amines) is 1. The zero-order chi connectivity index (χ0) is 24.1. The molecular weight excluding hydrogens is 424 g/mol. The van der Waals surface area contributed by atoms with Gasteiger partial charge < -0.3 is 29.1 Å². The second kappa shape index (κ2) is 10.4. The maximum atomic E-state index is 13.1. The highest BCUT2D eigenvalue weighted by Crippen LogP contribution is 2.41. The van der Waals surface area contributed by atoms with Gasteiger partial charge in [0.2, 0.25) is 0 Å². The normalized spacial score (nSPS) is 17.5. The summed E-state index contributed by atoms with van der Waals surface area (Å²) in [5.74, 6) is -0.0503. The summed E-state index contributed by atoms with van der Waals surface area (Å²) >= 11 is 0. The van der Waals surface area contributed by atoms with Gasteiger partial charge in [0, 0.05) is 12.1 Å². The van der Waals surface area contributed by atoms with Crippen molar-refractivity contribution in [3.63, 3.8) is 0 Å². The monoisotopic (exact) mass is 454 g/mol. The minimum Gasteiger partial charge on any atom is -0.507 e. The van der Waals surface area contributed by atoms with Crippen LogP contribution in [0, 0.1) is 0 Å². The van der Waals surface area contributed by atoms with Gasteiger partial charge in [-0.1, -0.05) is 12.1 Å². The van der Waals surface area contributed by atoms with Crippen LogP contribution in [-0.2, 0) is 9.59 Å². The Balaban J connectivity index is 2.11. The Kier molecular flexibility index (Phi) is 7.60. The van der Waals surface area contributed by atoms with E-state index in [-0.39, 0.29) is 11.3 Å². The number of aliphatic hydroxyl groups excluding tert-OH is 1. The molecule has 176 valence electrons. The number of ether oxygens (including phenoxy) is 3. The van der Waals surface area contributed by atoms with E-state index in [9.17, 15) is 14.7 Å². The first-order valence-electron chi connectivity index (χ1n) is 10.6. The van der Waals surface area contributed by atoms with Gasteiger partial charge in [-0.3, -0.25) is 9.59 Å². The molecule has 0 bridgehead atoms. The molecule has 8 heteroatoms. The van der Waals surface area contributed by atoms with Gasteiger partial charge in [-0.05, 0) is 63.0 Å². The van der Waals surface area contributed by atoms with Gasteiger partial charge in [-0.25, -0.2) is 0 Å². The van der Waals surface area contributed by atoms with E-state index in [1.54, 1.807) is 49.6 Å². The Morgan fingerprint density at radius 2 is 1.64 bits per heavy atom. The maximum absolute atomic E-state index is 13.1. The number of hydrogen-bond acceptors (Lipinski definition) is 7. The molecule has 33 heavy (non-hydrogen) atoms. The third-order valence-corrected chi connectivity index (χ3v) is 5.63. The van der Waals surface area contributed by atoms with Crippen LogP contribution in [0.25, 0.3) is 5.76 Å². The SMILES string of the molecule is COc1ccc([C@H]2C(=C(O)c3ccc(OC)c(OC)c3)C(=O)C(=O)N2CCCN(C)C)cc1. The van der Waals surface area contributed by atoms with Gasteiger partial charge in [0.1, 0.15) is 11.5 Å². The van der Waals surface area contributed by atoms with Crippen LogP contribution in [0.15, 0.2) is 48.0 Å². The summed E-state index contributed by atoms with van der Waals surface area (Å²) in [5.41, 5.74) is 1.11. The van der Waals surface area contributed by atoms with Crippen LogP contribution in [-0.4, -0.2) is 75.1 Å². The second-order valence-electron chi connectivity index (χ2n) is 7.99. The summed E-state index contributed by atoms with van der Waals surface area (Å²) in [6.45, 7) is 1.14. The summed E-state index contributed by atoms with van der Waals surface area (Å²) in [6.07, 6.45) is 0.684. The molecule has 0 spiro atoms. The van der Waals surface area contributed by atoms with E-state index in [4.69, 9.17) is 14.2 Å². The Morgan fingerprint density at radius 3 is 2.21 bits per heavy atom. The summed E-state index contributed by atoms with van der Waals surface area (Å²) in [5, 5.41) is 11.2. The molecule has 3 rings (SSSR count). The van der Waals surface area contributed by atoms with Crippen LogP contribution in [0.4, 0.5) is 0 Å². The largest absolute Gasteiger partial charge is 0.507 e. The molecule has 0 aromatic heterocycles. The van der Waals surface area contributed by atoms with Crippen molar-refractivity contribution in [2.75, 3.05) is 48.5 Å². The lowest BCUT2D eigenvalue weighted by molar-refractivity contribution is -0.139. The number of nitrogens with zero attached hydrogens (tertiary/aromatic N) is 2. The fraction of sp³-hybridized carbons (Fsp3) is 0.360. The number of amides is 1. The number of carbonyl (C=O) groups is 2. The lowest BCUT2D eigenvalue weighted by Gasteiger charge is -2.26. The number of hydrogen-bond donors (Lipinski definition) is 1. The highest BCUT2D eigenvalue weighted by molar-refractivity contribution is 6.46. The predicted molar refractivity (Wildman–Crippen MR) is 125 cm³/mol. The summed E-state index contributed by atoms with van der Waals surface area (Å²) < 4.78 is 15.8. The van der Waals surface area contributed by atoms with Crippen molar-refractivity contribution in [1.82, 2.24) is 9.80 Å². The fourth-order valence-electron chi connectivity index (χ4n) is 3.94. The molecule has 2 aromatic rings. The highest BCUT2D eigenvalue weighted by Gasteiger charge is 2.45. The molecule has 1 N–H and O–H groups in total. The average molecular weight is 455 g/mol. The van der Waals surface area contributed by atoms with Crippen LogP contribution in [0.3, 0.4) is 0 Å². The highest BCUT2D eigenvalue weighted by atomic mass is 16.5. The zero-order valence-electron chi connectivity index (χ0n) is 19.6. The van der Waals surface area contributed by atoms with Crippen molar-refractivity contribution >= 4 is 17.4 Å². The molecule has 2 aromatic carbocycles. The molecule has 1 saturated heterocycles. The lowest BCUT2D eigenvalue weighted by atomic mass is 9.95. The standard InChI is InChI=1S/C25H30N2O6/c1-26(2)13-6-14-27-22(16-7-10-18(31-3)11-8-16)21(24(29)25(27)30)23(28)17-9-12-19(32-4)20(15-17)33-5/h7-12,15,22,28H,6,13-14H2,1-5H3/t22-/m0/s1. The number of carbonyl (C=O) groups excluding carboxylic acids is 2. The van der Waals surface area contributed by atoms with Gasteiger partial charge in [-0.15, -0.1) is 0 Å². The number of benzene rings is 2. The molecule has 0 radical (unpaired) electrons. The molecule has 1 aliphatic heterocycles. The maximum Gasteiger partial charge on any atom is 0.295 e. The first-order valence-corrected chi connectivity index (χ1v) is 10.6. The van der Waals surface area contributed by atoms with E-state index in [1.807, 2.05) is 19.0 Å². The summed E-state index contributed by atoms with van der Waals surface area (Å²) in [4.78, 5) is 29.7. The molecule has 1 heterocycles. The van der Waals surface area contributed by atoms with Crippen LogP contribution in [0.1, 0.15) is 23.6 Å². The molecule has 8 nitrogen and oxygen atoms in total. The van der Waals surface area contributed by atoms with Crippen LogP contribution in [0.5, 0.6) is 17.2 Å². The van der Waals surface area contributed by atoms with E-state index in [0.717, 1.165) is 6.54 Å². The van der Waals surface area contributed by atoms with Crippen molar-refractivity contribution in [3.05, 3.63) is 59.2 Å². The van der Waals surface area contributed by atoms with E-state index < -0.39 is 17.7 Å². The third kappa shape index (κ3) is 4.96. The predicted octanol–water partition coefficient (Wildman–Crippen LogP) is 3.09. The molecule has 0 unspecified atom stereocenters. The first kappa shape index (κ1) is 24.1. The minimum absolute atomic E-state index is 0.0437. The molecule has 1 amide bonds. The minimum atomic E-state index is -0.717. The number of ketones is 1. The van der Waals surface area contributed by atoms with Crippen molar-refractivity contribution in [2.45, 2.75) is 12.5 Å². The second-order valence-corrected chi connectivity index (χ2v) is 7.99. The van der Waals surface area contributed by atoms with Gasteiger partial charge in [-0.2, -0.15) is 0 Å². The van der Waals surface area contributed by atoms with Gasteiger partial charge in [0.15, 0.2) is 11.5 Å². The van der Waals surface area contributed by atoms with Crippen molar-refractivity contribution in [2.24, 2.45) is 0 Å². The Morgan fingerprint density at radius 1 is 0.970 bits per heavy atom. The molecule has 1 atom stereocenters. The number of rotatable bonds is 9. The van der Waals surface area contributed by atoms with Crippen LogP contribution < -0.4 is 14.2 Å². The topological polar surface area (TPSA) is 88.5 Å².